The van der Waals surface area contributed by atoms with Gasteiger partial charge in [-0.2, -0.15) is 5.10 Å². The third-order valence-electron chi connectivity index (χ3n) is 11.0. The van der Waals surface area contributed by atoms with Gasteiger partial charge in [-0.05, 0) is 88.4 Å². The molecule has 1 aromatic carbocycles. The van der Waals surface area contributed by atoms with Crippen molar-refractivity contribution in [3.8, 4) is 5.75 Å². The number of pyridine rings is 1. The van der Waals surface area contributed by atoms with Gasteiger partial charge in [0.1, 0.15) is 17.1 Å². The summed E-state index contributed by atoms with van der Waals surface area (Å²) in [7, 11) is 2.21. The first kappa shape index (κ1) is 33.8. The van der Waals surface area contributed by atoms with Crippen LogP contribution in [-0.2, 0) is 16.1 Å². The van der Waals surface area contributed by atoms with Crippen LogP contribution < -0.4 is 20.3 Å². The van der Waals surface area contributed by atoms with Gasteiger partial charge in [-0.15, -0.1) is 0 Å². The van der Waals surface area contributed by atoms with E-state index < -0.39 is 0 Å². The van der Waals surface area contributed by atoms with Crippen LogP contribution in [0.25, 0.3) is 5.65 Å². The number of nitrogens with one attached hydrogen (secondary N) is 2. The molecule has 4 aliphatic rings. The maximum absolute atomic E-state index is 13.8. The predicted octanol–water partition coefficient (Wildman–Crippen LogP) is 3.77. The summed E-state index contributed by atoms with van der Waals surface area (Å²) >= 11 is 0. The largest absolute Gasteiger partial charge is 0.489 e. The van der Waals surface area contributed by atoms with Crippen molar-refractivity contribution in [1.82, 2.24) is 34.7 Å². The monoisotopic (exact) mass is 705 g/mol. The molecule has 1 atom stereocenters. The van der Waals surface area contributed by atoms with Crippen LogP contribution in [0, 0.1) is 0 Å². The number of aromatic nitrogens is 4. The van der Waals surface area contributed by atoms with E-state index in [1.54, 1.807) is 35.2 Å². The van der Waals surface area contributed by atoms with Crippen molar-refractivity contribution in [2.24, 2.45) is 0 Å². The van der Waals surface area contributed by atoms with Crippen LogP contribution >= 0.6 is 0 Å². The summed E-state index contributed by atoms with van der Waals surface area (Å²) in [5.74, 6) is 0.229. The minimum Gasteiger partial charge on any atom is -0.489 e. The molecule has 270 valence electrons. The van der Waals surface area contributed by atoms with E-state index in [2.05, 4.69) is 42.5 Å². The summed E-state index contributed by atoms with van der Waals surface area (Å²) in [5.41, 5.74) is 3.67. The lowest BCUT2D eigenvalue weighted by Gasteiger charge is -2.49. The topological polar surface area (TPSA) is 154 Å². The highest BCUT2D eigenvalue weighted by atomic mass is 16.5. The lowest BCUT2D eigenvalue weighted by atomic mass is 9.88. The molecular formula is C38H43N9O5. The first-order valence-corrected chi connectivity index (χ1v) is 18.1. The SMILES string of the molecule is CC(C)Oc1cc2c(cc1NC(=O)c1cnn3cccnc13)CN(C1CCC(N(C)C3CN(c4ccc(C5CCC(=O)NC5=O)cn4)C3)CC1)C2=O. The molecule has 1 aliphatic carbocycles. The number of hydrogen-bond donors (Lipinski definition) is 2. The summed E-state index contributed by atoms with van der Waals surface area (Å²) in [5, 5.41) is 9.66. The maximum Gasteiger partial charge on any atom is 0.261 e. The Balaban J connectivity index is 0.867. The number of piperidine rings is 1. The van der Waals surface area contributed by atoms with E-state index in [4.69, 9.17) is 4.74 Å². The van der Waals surface area contributed by atoms with E-state index in [0.29, 0.717) is 59.7 Å². The zero-order chi connectivity index (χ0) is 36.1. The first-order chi connectivity index (χ1) is 25.1. The molecule has 0 radical (unpaired) electrons. The third kappa shape index (κ3) is 6.35. The van der Waals surface area contributed by atoms with Gasteiger partial charge >= 0.3 is 0 Å². The highest BCUT2D eigenvalue weighted by Gasteiger charge is 2.40. The summed E-state index contributed by atoms with van der Waals surface area (Å²) in [6.45, 7) is 6.09. The number of fused-ring (bicyclic) bond motifs is 2. The van der Waals surface area contributed by atoms with Crippen molar-refractivity contribution < 1.29 is 23.9 Å². The number of nitrogens with zero attached hydrogens (tertiary/aromatic N) is 7. The van der Waals surface area contributed by atoms with E-state index >= 15 is 0 Å². The number of amides is 4. The van der Waals surface area contributed by atoms with Gasteiger partial charge < -0.3 is 19.9 Å². The number of hydrogen-bond acceptors (Lipinski definition) is 10. The molecule has 14 heteroatoms. The smallest absolute Gasteiger partial charge is 0.261 e. The molecule has 4 amide bonds. The highest BCUT2D eigenvalue weighted by Crippen LogP contribution is 2.38. The maximum atomic E-state index is 13.8. The number of imide groups is 1. The van der Waals surface area contributed by atoms with Crippen LogP contribution in [0.4, 0.5) is 11.5 Å². The number of likely N-dealkylation sites (N-methyl/N-ethyl adjacent to an activating group) is 1. The zero-order valence-corrected chi connectivity index (χ0v) is 29.6. The molecule has 0 spiro atoms. The number of rotatable bonds is 9. The second-order valence-corrected chi connectivity index (χ2v) is 14.6. The van der Waals surface area contributed by atoms with Gasteiger partial charge in [0, 0.05) is 68.3 Å². The lowest BCUT2D eigenvalue weighted by Crippen LogP contribution is -2.61. The number of ether oxygens (including phenoxy) is 1. The summed E-state index contributed by atoms with van der Waals surface area (Å²) < 4.78 is 7.65. The van der Waals surface area contributed by atoms with E-state index in [0.717, 1.165) is 55.7 Å². The van der Waals surface area contributed by atoms with Crippen molar-refractivity contribution in [3.05, 3.63) is 77.4 Å². The van der Waals surface area contributed by atoms with Crippen LogP contribution in [0.1, 0.15) is 90.1 Å². The number of carbonyl (C=O) groups excluding carboxylic acids is 4. The second kappa shape index (κ2) is 13.6. The van der Waals surface area contributed by atoms with Crippen LogP contribution in [-0.4, -0.2) is 97.4 Å². The number of anilines is 2. The van der Waals surface area contributed by atoms with Gasteiger partial charge in [0.25, 0.3) is 11.8 Å². The van der Waals surface area contributed by atoms with Crippen molar-refractivity contribution in [2.75, 3.05) is 30.4 Å². The van der Waals surface area contributed by atoms with Gasteiger partial charge in [0.05, 0.1) is 23.9 Å². The quantitative estimate of drug-likeness (QED) is 0.246. The minimum absolute atomic E-state index is 0.0101. The Labute approximate surface area is 301 Å². The second-order valence-electron chi connectivity index (χ2n) is 14.6. The first-order valence-electron chi connectivity index (χ1n) is 18.1. The Kier molecular flexibility index (Phi) is 8.85. The van der Waals surface area contributed by atoms with Crippen LogP contribution in [0.3, 0.4) is 0 Å². The Morgan fingerprint density at radius 3 is 2.56 bits per heavy atom. The Morgan fingerprint density at radius 1 is 1.02 bits per heavy atom. The fourth-order valence-electron chi connectivity index (χ4n) is 8.06. The summed E-state index contributed by atoms with van der Waals surface area (Å²) in [6.07, 6.45) is 11.2. The molecule has 52 heavy (non-hydrogen) atoms. The zero-order valence-electron chi connectivity index (χ0n) is 29.6. The predicted molar refractivity (Wildman–Crippen MR) is 192 cm³/mol. The normalized spacial score (nSPS) is 22.2. The summed E-state index contributed by atoms with van der Waals surface area (Å²) in [6, 6.07) is 10.3. The van der Waals surface area contributed by atoms with Crippen LogP contribution in [0.5, 0.6) is 5.75 Å². The molecule has 3 fully saturated rings. The lowest BCUT2D eigenvalue weighted by molar-refractivity contribution is -0.134. The summed E-state index contributed by atoms with van der Waals surface area (Å²) in [4.78, 5) is 66.6. The Morgan fingerprint density at radius 2 is 1.83 bits per heavy atom. The van der Waals surface area contributed by atoms with Gasteiger partial charge in [-0.1, -0.05) is 6.07 Å². The molecule has 3 aliphatic heterocycles. The molecule has 1 unspecified atom stereocenters. The van der Waals surface area contributed by atoms with Gasteiger partial charge in [-0.25, -0.2) is 14.5 Å². The van der Waals surface area contributed by atoms with Crippen molar-refractivity contribution >= 4 is 40.8 Å². The van der Waals surface area contributed by atoms with Crippen molar-refractivity contribution in [1.29, 1.82) is 0 Å². The number of benzene rings is 1. The molecule has 2 N–H and O–H groups in total. The standard InChI is InChI=1S/C38H43N9O5/c1-22(2)52-32-16-29-24(15-31(32)42-37(50)30-18-41-47-14-4-13-39-35(30)47)19-46(38(29)51)26-8-6-25(7-9-26)44(3)27-20-45(21-27)33-11-5-23(17-40-33)28-10-12-34(48)43-36(28)49/h4-5,11,13-18,22,25-28H,6-10,12,19-21H2,1-3H3,(H,42,50)(H,43,48,49). The molecular weight excluding hydrogens is 662 g/mol. The fourth-order valence-corrected chi connectivity index (χ4v) is 8.06. The van der Waals surface area contributed by atoms with Crippen molar-refractivity contribution in [3.63, 3.8) is 0 Å². The molecule has 0 bridgehead atoms. The average Bonchev–Trinajstić information content (AvgIpc) is 3.69. The van der Waals surface area contributed by atoms with E-state index in [1.165, 1.54) is 6.20 Å². The van der Waals surface area contributed by atoms with Crippen LogP contribution in [0.15, 0.2) is 55.1 Å². The minimum atomic E-state index is -0.348. The average molecular weight is 706 g/mol. The molecule has 4 aromatic rings. The Bertz CT molecular complexity index is 2030. The molecule has 14 nitrogen and oxygen atoms in total. The van der Waals surface area contributed by atoms with E-state index in [1.807, 2.05) is 36.9 Å². The highest BCUT2D eigenvalue weighted by molar-refractivity contribution is 6.09. The molecule has 8 rings (SSSR count). The van der Waals surface area contributed by atoms with E-state index in [9.17, 15) is 19.2 Å². The Hall–Kier alpha value is -5.37. The van der Waals surface area contributed by atoms with E-state index in [-0.39, 0.29) is 41.7 Å². The molecule has 1 saturated carbocycles. The van der Waals surface area contributed by atoms with Crippen molar-refractivity contribution in [2.45, 2.75) is 89.1 Å². The van der Waals surface area contributed by atoms with Gasteiger partial charge in [-0.3, -0.25) is 29.4 Å². The molecule has 3 aromatic heterocycles. The van der Waals surface area contributed by atoms with Gasteiger partial charge in [0.15, 0.2) is 5.65 Å². The van der Waals surface area contributed by atoms with Gasteiger partial charge in [0.2, 0.25) is 11.8 Å². The van der Waals surface area contributed by atoms with Crippen LogP contribution in [0.2, 0.25) is 0 Å². The molecule has 6 heterocycles. The fraction of sp³-hybridized carbons (Fsp3) is 0.447. The third-order valence-corrected chi connectivity index (χ3v) is 11.0. The number of carbonyl (C=O) groups is 4. The molecule has 2 saturated heterocycles.